The second kappa shape index (κ2) is 10.2. The van der Waals surface area contributed by atoms with Gasteiger partial charge in [-0.3, -0.25) is 0 Å². The first-order valence-electron chi connectivity index (χ1n) is 16.8. The van der Waals surface area contributed by atoms with Crippen molar-refractivity contribution in [2.45, 2.75) is 162 Å². The van der Waals surface area contributed by atoms with E-state index in [0.29, 0.717) is 0 Å². The van der Waals surface area contributed by atoms with Crippen molar-refractivity contribution in [1.82, 2.24) is 0 Å². The summed E-state index contributed by atoms with van der Waals surface area (Å²) in [7, 11) is 0. The molecule has 4 heteroatoms. The number of hydrogen-bond donors (Lipinski definition) is 0. The second-order valence-electron chi connectivity index (χ2n) is 16.8. The van der Waals surface area contributed by atoms with Crippen LogP contribution in [0.4, 0.5) is 0 Å². The van der Waals surface area contributed by atoms with Crippen LogP contribution in [0.15, 0.2) is 30.3 Å². The molecular formula is C39H58N2O2+2. The zero-order valence-corrected chi connectivity index (χ0v) is 29.5. The summed E-state index contributed by atoms with van der Waals surface area (Å²) in [5, 5.41) is 0. The molecule has 0 aliphatic carbocycles. The van der Waals surface area contributed by atoms with Crippen LogP contribution >= 0.6 is 0 Å². The molecule has 0 bridgehead atoms. The highest BCUT2D eigenvalue weighted by Gasteiger charge is 2.83. The first-order chi connectivity index (χ1) is 19.8. The molecule has 43 heavy (non-hydrogen) atoms. The Morgan fingerprint density at radius 3 is 1.70 bits per heavy atom. The lowest BCUT2D eigenvalue weighted by Crippen LogP contribution is -2.61. The molecule has 2 aromatic carbocycles. The number of ether oxygens (including phenoxy) is 2. The lowest BCUT2D eigenvalue weighted by Gasteiger charge is -2.34. The fourth-order valence-electron chi connectivity index (χ4n) is 7.19. The van der Waals surface area contributed by atoms with Crippen LogP contribution in [0.1, 0.15) is 156 Å². The van der Waals surface area contributed by atoms with Gasteiger partial charge in [0, 0.05) is 33.3 Å². The van der Waals surface area contributed by atoms with Crippen molar-refractivity contribution in [3.63, 3.8) is 0 Å². The van der Waals surface area contributed by atoms with Crippen LogP contribution in [0.3, 0.4) is 0 Å². The van der Waals surface area contributed by atoms with Crippen LogP contribution in [0.25, 0.3) is 0 Å². The standard InChI is InChI=1S/C39H58N2O2/c1-14-16-20-38(13,21-17-15-2)29-18-19-32-27(22-29)25-40-36(9,10)37(11,12)41-26-28-23-30(34(3,4)5)24-31(35(6,7)8)33(28)43-39(40,41)42-32/h18-19,22-26H,14-17,20-21H2,1-13H3/q+2. The number of unbranched alkanes of at least 4 members (excludes halogenated alkanes) is 2. The average molecular weight is 587 g/mol. The number of benzene rings is 2. The largest absolute Gasteiger partial charge is 0.705 e. The third kappa shape index (κ3) is 4.95. The molecule has 1 saturated heterocycles. The summed E-state index contributed by atoms with van der Waals surface area (Å²) in [6.07, 6.45) is 12.0. The fourth-order valence-corrected chi connectivity index (χ4v) is 7.19. The van der Waals surface area contributed by atoms with Gasteiger partial charge in [0.05, 0.1) is 11.1 Å². The van der Waals surface area contributed by atoms with E-state index in [1.807, 2.05) is 0 Å². The monoisotopic (exact) mass is 586 g/mol. The van der Waals surface area contributed by atoms with Crippen molar-refractivity contribution in [3.8, 4) is 11.5 Å². The van der Waals surface area contributed by atoms with E-state index in [1.54, 1.807) is 0 Å². The van der Waals surface area contributed by atoms with E-state index in [2.05, 4.69) is 142 Å². The van der Waals surface area contributed by atoms with Crippen LogP contribution < -0.4 is 9.47 Å². The molecule has 0 N–H and O–H groups in total. The third-order valence-electron chi connectivity index (χ3n) is 11.0. The molecule has 1 fully saturated rings. The quantitative estimate of drug-likeness (QED) is 0.302. The minimum Gasteiger partial charge on any atom is -0.341 e. The predicted molar refractivity (Wildman–Crippen MR) is 180 cm³/mol. The van der Waals surface area contributed by atoms with Crippen LogP contribution in [-0.4, -0.2) is 38.7 Å². The summed E-state index contributed by atoms with van der Waals surface area (Å²) in [6.45, 7) is 30.0. The Labute approximate surface area is 262 Å². The van der Waals surface area contributed by atoms with Crippen LogP contribution in [0, 0.1) is 0 Å². The molecule has 0 saturated carbocycles. The topological polar surface area (TPSA) is 24.5 Å². The Morgan fingerprint density at radius 1 is 0.651 bits per heavy atom. The molecule has 1 spiro atoms. The van der Waals surface area contributed by atoms with Crippen molar-refractivity contribution in [2.24, 2.45) is 0 Å². The maximum absolute atomic E-state index is 7.27. The van der Waals surface area contributed by atoms with E-state index in [1.165, 1.54) is 55.2 Å². The van der Waals surface area contributed by atoms with Gasteiger partial charge < -0.3 is 9.47 Å². The normalized spacial score (nSPS) is 21.9. The first-order valence-corrected chi connectivity index (χ1v) is 16.8. The van der Waals surface area contributed by atoms with E-state index in [-0.39, 0.29) is 27.3 Å². The van der Waals surface area contributed by atoms with Gasteiger partial charge in [-0.15, -0.1) is 0 Å². The smallest absolute Gasteiger partial charge is 0.341 e. The molecule has 3 aliphatic rings. The van der Waals surface area contributed by atoms with Gasteiger partial charge in [-0.1, -0.05) is 109 Å². The highest BCUT2D eigenvalue weighted by molar-refractivity contribution is 5.84. The first kappa shape index (κ1) is 31.8. The van der Waals surface area contributed by atoms with Crippen molar-refractivity contribution in [3.05, 3.63) is 58.1 Å². The Balaban J connectivity index is 1.70. The summed E-state index contributed by atoms with van der Waals surface area (Å²) >= 11 is 0. The summed E-state index contributed by atoms with van der Waals surface area (Å²) < 4.78 is 19.1. The SMILES string of the molecule is CCCCC(C)(CCCC)c1ccc2c(c1)C=[N+]1C3(O2)Oc2c(cc(C(C)(C)C)cc2C(C)(C)C)C=[N+]3C(C)(C)C1(C)C. The molecule has 1 atom stereocenters. The number of nitrogens with zero attached hydrogens (tertiary/aromatic N) is 2. The summed E-state index contributed by atoms with van der Waals surface area (Å²) in [5.74, 6) is 1.81. The number of fused-ring (bicyclic) bond motifs is 2. The lowest BCUT2D eigenvalue weighted by molar-refractivity contribution is -0.875. The van der Waals surface area contributed by atoms with Crippen molar-refractivity contribution in [1.29, 1.82) is 0 Å². The van der Waals surface area contributed by atoms with Gasteiger partial charge in [-0.2, -0.15) is 0 Å². The summed E-state index contributed by atoms with van der Waals surface area (Å²) in [4.78, 5) is 0. The molecule has 0 aromatic heterocycles. The molecule has 4 nitrogen and oxygen atoms in total. The zero-order valence-electron chi connectivity index (χ0n) is 29.5. The van der Waals surface area contributed by atoms with Gasteiger partial charge in [0.15, 0.2) is 23.9 Å². The molecular weight excluding hydrogens is 528 g/mol. The van der Waals surface area contributed by atoms with Gasteiger partial charge in [0.1, 0.15) is 0 Å². The minimum atomic E-state index is -1.11. The average Bonchev–Trinajstić information content (AvgIpc) is 3.04. The maximum atomic E-state index is 7.27. The van der Waals surface area contributed by atoms with E-state index in [9.17, 15) is 0 Å². The fraction of sp³-hybridized carbons (Fsp3) is 0.641. The predicted octanol–water partition coefficient (Wildman–Crippen LogP) is 9.45. The van der Waals surface area contributed by atoms with Gasteiger partial charge in [-0.05, 0) is 58.4 Å². The second-order valence-corrected chi connectivity index (χ2v) is 16.8. The van der Waals surface area contributed by atoms with E-state index < -0.39 is 6.03 Å². The van der Waals surface area contributed by atoms with Crippen molar-refractivity contribution >= 4 is 12.4 Å². The number of rotatable bonds is 7. The van der Waals surface area contributed by atoms with Gasteiger partial charge in [0.25, 0.3) is 0 Å². The van der Waals surface area contributed by atoms with Crippen LogP contribution in [0.5, 0.6) is 11.5 Å². The Morgan fingerprint density at radius 2 is 1.19 bits per heavy atom. The summed E-state index contributed by atoms with van der Waals surface area (Å²) in [5.41, 5.74) is 5.74. The highest BCUT2D eigenvalue weighted by atomic mass is 16.7. The van der Waals surface area contributed by atoms with Crippen molar-refractivity contribution < 1.29 is 18.6 Å². The molecule has 1 unspecified atom stereocenters. The van der Waals surface area contributed by atoms with Crippen LogP contribution in [-0.2, 0) is 16.2 Å². The van der Waals surface area contributed by atoms with Gasteiger partial charge in [0.2, 0.25) is 11.1 Å². The summed E-state index contributed by atoms with van der Waals surface area (Å²) in [6, 6.07) is 10.5. The van der Waals surface area contributed by atoms with E-state index in [4.69, 9.17) is 9.47 Å². The minimum absolute atomic E-state index is 0.0261. The molecule has 3 heterocycles. The van der Waals surface area contributed by atoms with Gasteiger partial charge in [-0.25, -0.2) is 0 Å². The zero-order chi connectivity index (χ0) is 31.8. The molecule has 2 aromatic rings. The third-order valence-corrected chi connectivity index (χ3v) is 11.0. The Kier molecular flexibility index (Phi) is 7.55. The van der Waals surface area contributed by atoms with Gasteiger partial charge >= 0.3 is 6.03 Å². The van der Waals surface area contributed by atoms with Crippen molar-refractivity contribution in [2.75, 3.05) is 0 Å². The Hall–Kier alpha value is -2.62. The van der Waals surface area contributed by atoms with E-state index in [0.717, 1.165) is 22.6 Å². The lowest BCUT2D eigenvalue weighted by atomic mass is 9.74. The molecule has 234 valence electrons. The Bertz CT molecular complexity index is 1470. The highest BCUT2D eigenvalue weighted by Crippen LogP contribution is 2.51. The van der Waals surface area contributed by atoms with Crippen LogP contribution in [0.2, 0.25) is 0 Å². The molecule has 0 amide bonds. The maximum Gasteiger partial charge on any atom is 0.705 e. The molecule has 3 aliphatic heterocycles. The molecule has 5 rings (SSSR count). The van der Waals surface area contributed by atoms with E-state index >= 15 is 0 Å². The number of hydrogen-bond acceptors (Lipinski definition) is 2. The molecule has 0 radical (unpaired) electrons.